The standard InChI is InChI=1S/C28H33N3O6/c1-35-21-8-9-24(36-2)22(16-21)26(33)29-13-10-28(11-14-29)12-15-30(19-28)25(32)17-31-23(18-37-27(31)34)20-6-4-3-5-7-20/h3-9,16,23H,10-15,17-19H2,1-2H3/t23-/m1/s1. The average Bonchev–Trinajstić information content (AvgIpc) is 3.52. The van der Waals surface area contributed by atoms with Gasteiger partial charge >= 0.3 is 6.09 Å². The van der Waals surface area contributed by atoms with E-state index >= 15 is 0 Å². The second-order valence-electron chi connectivity index (χ2n) is 10.1. The molecule has 3 aliphatic rings. The number of methoxy groups -OCH3 is 2. The minimum absolute atomic E-state index is 0.00471. The summed E-state index contributed by atoms with van der Waals surface area (Å²) in [5.74, 6) is 1.00. The Bertz CT molecular complexity index is 1160. The fourth-order valence-electron chi connectivity index (χ4n) is 5.71. The first-order valence-electron chi connectivity index (χ1n) is 12.7. The van der Waals surface area contributed by atoms with Crippen LogP contribution in [0.4, 0.5) is 4.79 Å². The molecule has 3 fully saturated rings. The second kappa shape index (κ2) is 10.3. The summed E-state index contributed by atoms with van der Waals surface area (Å²) in [6.45, 7) is 2.81. The minimum Gasteiger partial charge on any atom is -0.497 e. The molecular weight excluding hydrogens is 474 g/mol. The predicted octanol–water partition coefficient (Wildman–Crippen LogP) is 3.35. The number of benzene rings is 2. The molecule has 196 valence electrons. The Hall–Kier alpha value is -3.75. The number of hydrogen-bond acceptors (Lipinski definition) is 6. The maximum absolute atomic E-state index is 13.3. The van der Waals surface area contributed by atoms with E-state index in [2.05, 4.69) is 0 Å². The van der Waals surface area contributed by atoms with Gasteiger partial charge in [0.05, 0.1) is 25.8 Å². The van der Waals surface area contributed by atoms with E-state index in [9.17, 15) is 14.4 Å². The lowest BCUT2D eigenvalue weighted by Crippen LogP contribution is -2.46. The molecule has 0 saturated carbocycles. The van der Waals surface area contributed by atoms with Crippen LogP contribution in [-0.4, -0.2) is 86.2 Å². The molecule has 9 heteroatoms. The van der Waals surface area contributed by atoms with Crippen molar-refractivity contribution in [1.82, 2.24) is 14.7 Å². The zero-order valence-corrected chi connectivity index (χ0v) is 21.4. The number of carbonyl (C=O) groups excluding carboxylic acids is 3. The molecule has 37 heavy (non-hydrogen) atoms. The van der Waals surface area contributed by atoms with Crippen molar-refractivity contribution >= 4 is 17.9 Å². The smallest absolute Gasteiger partial charge is 0.410 e. The van der Waals surface area contributed by atoms with Gasteiger partial charge in [-0.1, -0.05) is 30.3 Å². The van der Waals surface area contributed by atoms with Gasteiger partial charge in [0.1, 0.15) is 24.7 Å². The average molecular weight is 508 g/mol. The third-order valence-corrected chi connectivity index (χ3v) is 8.00. The number of cyclic esters (lactones) is 1. The Labute approximate surface area is 216 Å². The van der Waals surface area contributed by atoms with Crippen LogP contribution in [0.3, 0.4) is 0 Å². The topological polar surface area (TPSA) is 88.6 Å². The molecule has 1 atom stereocenters. The van der Waals surface area contributed by atoms with Gasteiger partial charge in [0, 0.05) is 26.2 Å². The molecule has 0 N–H and O–H groups in total. The number of nitrogens with zero attached hydrogens (tertiary/aromatic N) is 3. The van der Waals surface area contributed by atoms with Crippen molar-refractivity contribution in [1.29, 1.82) is 0 Å². The number of amides is 3. The van der Waals surface area contributed by atoms with Gasteiger partial charge in [-0.05, 0) is 48.4 Å². The van der Waals surface area contributed by atoms with Crippen LogP contribution < -0.4 is 9.47 Å². The largest absolute Gasteiger partial charge is 0.497 e. The zero-order chi connectivity index (χ0) is 26.0. The maximum atomic E-state index is 13.3. The van der Waals surface area contributed by atoms with Crippen LogP contribution in [0.15, 0.2) is 48.5 Å². The quantitative estimate of drug-likeness (QED) is 0.596. The molecular formula is C28H33N3O6. The fraction of sp³-hybridized carbons (Fsp3) is 0.464. The number of rotatable bonds is 6. The van der Waals surface area contributed by atoms with Crippen LogP contribution in [-0.2, 0) is 9.53 Å². The summed E-state index contributed by atoms with van der Waals surface area (Å²) in [5, 5.41) is 0. The first kappa shape index (κ1) is 24.9. The van der Waals surface area contributed by atoms with Gasteiger partial charge in [-0.15, -0.1) is 0 Å². The van der Waals surface area contributed by atoms with Crippen LogP contribution in [0, 0.1) is 5.41 Å². The van der Waals surface area contributed by atoms with Crippen molar-refractivity contribution in [3.05, 3.63) is 59.7 Å². The van der Waals surface area contributed by atoms with Crippen molar-refractivity contribution in [3.8, 4) is 11.5 Å². The van der Waals surface area contributed by atoms with E-state index in [1.807, 2.05) is 40.1 Å². The Morgan fingerprint density at radius 2 is 1.68 bits per heavy atom. The molecule has 5 rings (SSSR count). The summed E-state index contributed by atoms with van der Waals surface area (Å²) >= 11 is 0. The minimum atomic E-state index is -0.448. The third kappa shape index (κ3) is 4.95. The summed E-state index contributed by atoms with van der Waals surface area (Å²) < 4.78 is 16.0. The molecule has 0 radical (unpaired) electrons. The Morgan fingerprint density at radius 1 is 0.973 bits per heavy atom. The van der Waals surface area contributed by atoms with Gasteiger partial charge in [0.15, 0.2) is 0 Å². The van der Waals surface area contributed by atoms with Crippen molar-refractivity contribution < 1.29 is 28.6 Å². The van der Waals surface area contributed by atoms with Crippen LogP contribution in [0.2, 0.25) is 0 Å². The van der Waals surface area contributed by atoms with Gasteiger partial charge in [0.2, 0.25) is 5.91 Å². The number of ether oxygens (including phenoxy) is 3. The highest BCUT2D eigenvalue weighted by molar-refractivity contribution is 5.97. The summed E-state index contributed by atoms with van der Waals surface area (Å²) in [6, 6.07) is 14.6. The Morgan fingerprint density at radius 3 is 2.35 bits per heavy atom. The van der Waals surface area contributed by atoms with Crippen LogP contribution in [0.25, 0.3) is 0 Å². The van der Waals surface area contributed by atoms with Crippen LogP contribution >= 0.6 is 0 Å². The summed E-state index contributed by atoms with van der Waals surface area (Å²) in [4.78, 5) is 44.1. The molecule has 0 aromatic heterocycles. The van der Waals surface area contributed by atoms with Gasteiger partial charge in [-0.2, -0.15) is 0 Å². The molecule has 3 amide bonds. The predicted molar refractivity (Wildman–Crippen MR) is 136 cm³/mol. The highest BCUT2D eigenvalue weighted by Gasteiger charge is 2.44. The SMILES string of the molecule is COc1ccc(OC)c(C(=O)N2CCC3(CCN(C(=O)CN4C(=O)OC[C@@H]4c4ccccc4)C3)CC2)c1. The van der Waals surface area contributed by atoms with Gasteiger partial charge < -0.3 is 24.0 Å². The Balaban J connectivity index is 1.19. The van der Waals surface area contributed by atoms with Crippen LogP contribution in [0.5, 0.6) is 11.5 Å². The van der Waals surface area contributed by atoms with Gasteiger partial charge in [-0.25, -0.2) is 4.79 Å². The normalized spacial score (nSPS) is 20.8. The van der Waals surface area contributed by atoms with E-state index in [4.69, 9.17) is 14.2 Å². The highest BCUT2D eigenvalue weighted by Crippen LogP contribution is 2.41. The molecule has 0 bridgehead atoms. The van der Waals surface area contributed by atoms with Crippen molar-refractivity contribution in [2.45, 2.75) is 25.3 Å². The lowest BCUT2D eigenvalue weighted by molar-refractivity contribution is -0.131. The molecule has 2 aromatic carbocycles. The van der Waals surface area contributed by atoms with Crippen molar-refractivity contribution in [3.63, 3.8) is 0 Å². The number of carbonyl (C=O) groups is 3. The van der Waals surface area contributed by atoms with E-state index in [-0.39, 0.29) is 36.4 Å². The van der Waals surface area contributed by atoms with E-state index in [1.54, 1.807) is 32.4 Å². The monoisotopic (exact) mass is 507 g/mol. The molecule has 0 aliphatic carbocycles. The number of likely N-dealkylation sites (tertiary alicyclic amines) is 2. The van der Waals surface area contributed by atoms with Crippen molar-refractivity contribution in [2.75, 3.05) is 53.6 Å². The summed E-state index contributed by atoms with van der Waals surface area (Å²) in [5.41, 5.74) is 1.45. The Kier molecular flexibility index (Phi) is 6.95. The first-order valence-corrected chi connectivity index (χ1v) is 12.7. The number of piperidine rings is 1. The lowest BCUT2D eigenvalue weighted by Gasteiger charge is -2.39. The fourth-order valence-corrected chi connectivity index (χ4v) is 5.71. The van der Waals surface area contributed by atoms with Crippen molar-refractivity contribution in [2.24, 2.45) is 5.41 Å². The summed E-state index contributed by atoms with van der Waals surface area (Å²) in [7, 11) is 3.13. The second-order valence-corrected chi connectivity index (χ2v) is 10.1. The highest BCUT2D eigenvalue weighted by atomic mass is 16.6. The molecule has 3 heterocycles. The maximum Gasteiger partial charge on any atom is 0.410 e. The van der Waals surface area contributed by atoms with E-state index in [1.165, 1.54) is 4.90 Å². The van der Waals surface area contributed by atoms with E-state index in [0.29, 0.717) is 43.2 Å². The van der Waals surface area contributed by atoms with Crippen LogP contribution in [0.1, 0.15) is 41.2 Å². The van der Waals surface area contributed by atoms with Gasteiger partial charge in [0.25, 0.3) is 5.91 Å². The number of hydrogen-bond donors (Lipinski definition) is 0. The molecule has 0 unspecified atom stereocenters. The zero-order valence-electron chi connectivity index (χ0n) is 21.4. The molecule has 3 saturated heterocycles. The summed E-state index contributed by atoms with van der Waals surface area (Å²) in [6.07, 6.45) is 2.10. The van der Waals surface area contributed by atoms with E-state index < -0.39 is 6.09 Å². The molecule has 3 aliphatic heterocycles. The molecule has 1 spiro atoms. The molecule has 9 nitrogen and oxygen atoms in total. The lowest BCUT2D eigenvalue weighted by atomic mass is 9.77. The third-order valence-electron chi connectivity index (χ3n) is 8.00. The van der Waals surface area contributed by atoms with E-state index in [0.717, 1.165) is 24.8 Å². The molecule has 2 aromatic rings. The first-order chi connectivity index (χ1) is 17.9. The van der Waals surface area contributed by atoms with Gasteiger partial charge in [-0.3, -0.25) is 14.5 Å².